The summed E-state index contributed by atoms with van der Waals surface area (Å²) < 4.78 is 6.34. The van der Waals surface area contributed by atoms with Crippen molar-refractivity contribution in [3.63, 3.8) is 0 Å². The number of aryl methyl sites for hydroxylation is 1. The monoisotopic (exact) mass is 692 g/mol. The van der Waals surface area contributed by atoms with Crippen LogP contribution in [0.15, 0.2) is 162 Å². The molecule has 3 nitrogen and oxygen atoms in total. The number of hydrogen-bond donors (Lipinski definition) is 1. The van der Waals surface area contributed by atoms with E-state index in [2.05, 4.69) is 177 Å². The van der Waals surface area contributed by atoms with Crippen LogP contribution in [-0.4, -0.2) is 7.28 Å². The van der Waals surface area contributed by atoms with Gasteiger partial charge in [0.1, 0.15) is 11.2 Å². The predicted octanol–water partition coefficient (Wildman–Crippen LogP) is 11.9. The Bertz CT molecular complexity index is 3010. The number of nitrogens with zero attached hydrogens (tertiary/aromatic N) is 1. The molecular formula is C50H37BN2O. The summed E-state index contributed by atoms with van der Waals surface area (Å²) in [6, 6.07) is 57.6. The minimum Gasteiger partial charge on any atom is -0.456 e. The molecule has 3 heterocycles. The smallest absolute Gasteiger partial charge is 0.198 e. The van der Waals surface area contributed by atoms with E-state index < -0.39 is 0 Å². The molecule has 0 amide bonds. The van der Waals surface area contributed by atoms with Gasteiger partial charge >= 0.3 is 0 Å². The van der Waals surface area contributed by atoms with E-state index in [1.165, 1.54) is 77.7 Å². The SMILES string of the molecule is Cc1ccccc1-c1cc(-c2c(Nc3cccc4oc5ccccc5c34)ccc3ccccc23)c2c(c1)N1c3ccccc3C(C)(C)c3cccc(c31)B2. The first-order valence-electron chi connectivity index (χ1n) is 18.9. The van der Waals surface area contributed by atoms with E-state index in [1.807, 2.05) is 12.1 Å². The molecule has 11 rings (SSSR count). The van der Waals surface area contributed by atoms with E-state index in [-0.39, 0.29) is 5.41 Å². The molecule has 0 aliphatic carbocycles. The summed E-state index contributed by atoms with van der Waals surface area (Å²) in [5.41, 5.74) is 19.1. The van der Waals surface area contributed by atoms with E-state index in [1.54, 1.807) is 0 Å². The van der Waals surface area contributed by atoms with Crippen LogP contribution in [0.25, 0.3) is 55.0 Å². The van der Waals surface area contributed by atoms with Crippen LogP contribution in [0.3, 0.4) is 0 Å². The van der Waals surface area contributed by atoms with E-state index in [0.29, 0.717) is 0 Å². The van der Waals surface area contributed by atoms with E-state index in [9.17, 15) is 0 Å². The van der Waals surface area contributed by atoms with Gasteiger partial charge in [0.15, 0.2) is 7.28 Å². The second kappa shape index (κ2) is 11.5. The normalized spacial score (nSPS) is 13.7. The first-order valence-corrected chi connectivity index (χ1v) is 18.9. The van der Waals surface area contributed by atoms with Crippen LogP contribution in [-0.2, 0) is 5.41 Å². The fourth-order valence-electron chi connectivity index (χ4n) is 9.41. The Morgan fingerprint density at radius 3 is 2.24 bits per heavy atom. The molecule has 1 aromatic heterocycles. The molecule has 54 heavy (non-hydrogen) atoms. The largest absolute Gasteiger partial charge is 0.456 e. The van der Waals surface area contributed by atoms with Crippen molar-refractivity contribution in [3.8, 4) is 22.3 Å². The highest BCUT2D eigenvalue weighted by Gasteiger charge is 2.41. The minimum atomic E-state index is -0.128. The van der Waals surface area contributed by atoms with E-state index in [0.717, 1.165) is 40.6 Å². The van der Waals surface area contributed by atoms with Crippen molar-refractivity contribution >= 4 is 79.4 Å². The molecule has 2 aliphatic heterocycles. The maximum absolute atomic E-state index is 6.34. The molecule has 0 saturated heterocycles. The summed E-state index contributed by atoms with van der Waals surface area (Å²) in [6.07, 6.45) is 0. The first-order chi connectivity index (χ1) is 26.5. The second-order valence-corrected chi connectivity index (χ2v) is 15.4. The molecule has 0 saturated carbocycles. The van der Waals surface area contributed by atoms with E-state index >= 15 is 0 Å². The van der Waals surface area contributed by atoms with Gasteiger partial charge in [0.2, 0.25) is 0 Å². The van der Waals surface area contributed by atoms with Crippen LogP contribution >= 0.6 is 0 Å². The molecule has 0 bridgehead atoms. The van der Waals surface area contributed by atoms with Gasteiger partial charge in [-0.1, -0.05) is 135 Å². The lowest BCUT2D eigenvalue weighted by atomic mass is 9.55. The Morgan fingerprint density at radius 2 is 1.33 bits per heavy atom. The Hall–Kier alpha value is -6.52. The molecular weight excluding hydrogens is 655 g/mol. The maximum atomic E-state index is 6.34. The molecule has 256 valence electrons. The average Bonchev–Trinajstić information content (AvgIpc) is 3.59. The fraction of sp³-hybridized carbons (Fsp3) is 0.0800. The highest BCUT2D eigenvalue weighted by atomic mass is 16.3. The zero-order valence-electron chi connectivity index (χ0n) is 30.6. The number of para-hydroxylation sites is 3. The van der Waals surface area contributed by atoms with Crippen molar-refractivity contribution in [2.45, 2.75) is 26.2 Å². The van der Waals surface area contributed by atoms with Gasteiger partial charge in [-0.2, -0.15) is 0 Å². The molecule has 0 unspecified atom stereocenters. The van der Waals surface area contributed by atoms with Crippen LogP contribution in [0, 0.1) is 6.92 Å². The van der Waals surface area contributed by atoms with Crippen molar-refractivity contribution in [1.82, 2.24) is 0 Å². The van der Waals surface area contributed by atoms with Crippen molar-refractivity contribution < 1.29 is 4.42 Å². The molecule has 0 fully saturated rings. The zero-order valence-corrected chi connectivity index (χ0v) is 30.6. The number of fused-ring (bicyclic) bond motifs is 8. The third-order valence-corrected chi connectivity index (χ3v) is 12.0. The summed E-state index contributed by atoms with van der Waals surface area (Å²) in [5.74, 6) is 0. The Kier molecular flexibility index (Phi) is 6.61. The van der Waals surface area contributed by atoms with Gasteiger partial charge in [-0.05, 0) is 99.0 Å². The van der Waals surface area contributed by atoms with Crippen molar-refractivity contribution in [2.75, 3.05) is 10.2 Å². The van der Waals surface area contributed by atoms with Crippen LogP contribution < -0.4 is 21.1 Å². The number of hydrogen-bond acceptors (Lipinski definition) is 3. The Labute approximate surface area is 315 Å². The van der Waals surface area contributed by atoms with Gasteiger partial charge < -0.3 is 14.6 Å². The van der Waals surface area contributed by atoms with Gasteiger partial charge in [-0.15, -0.1) is 0 Å². The van der Waals surface area contributed by atoms with Crippen LogP contribution in [0.5, 0.6) is 0 Å². The number of anilines is 5. The Balaban J connectivity index is 1.23. The van der Waals surface area contributed by atoms with Crippen LogP contribution in [0.4, 0.5) is 28.4 Å². The van der Waals surface area contributed by atoms with E-state index in [4.69, 9.17) is 4.42 Å². The van der Waals surface area contributed by atoms with Crippen LogP contribution in [0.1, 0.15) is 30.5 Å². The van der Waals surface area contributed by atoms with Gasteiger partial charge in [0.05, 0.1) is 16.8 Å². The molecule has 1 N–H and O–H groups in total. The fourth-order valence-corrected chi connectivity index (χ4v) is 9.41. The van der Waals surface area contributed by atoms with Gasteiger partial charge in [-0.25, -0.2) is 0 Å². The highest BCUT2D eigenvalue weighted by molar-refractivity contribution is 6.73. The number of nitrogens with one attached hydrogen (secondary N) is 1. The topological polar surface area (TPSA) is 28.4 Å². The summed E-state index contributed by atoms with van der Waals surface area (Å²) in [5, 5.41) is 8.61. The summed E-state index contributed by atoms with van der Waals surface area (Å²) >= 11 is 0. The van der Waals surface area contributed by atoms with Gasteiger partial charge in [0.25, 0.3) is 0 Å². The molecule has 2 aliphatic rings. The van der Waals surface area contributed by atoms with Crippen molar-refractivity contribution in [2.24, 2.45) is 0 Å². The second-order valence-electron chi connectivity index (χ2n) is 15.4. The molecule has 0 spiro atoms. The maximum Gasteiger partial charge on any atom is 0.198 e. The summed E-state index contributed by atoms with van der Waals surface area (Å²) in [4.78, 5) is 2.58. The van der Waals surface area contributed by atoms with Crippen molar-refractivity contribution in [3.05, 3.63) is 174 Å². The van der Waals surface area contributed by atoms with Crippen molar-refractivity contribution in [1.29, 1.82) is 0 Å². The highest BCUT2D eigenvalue weighted by Crippen LogP contribution is 2.53. The third-order valence-electron chi connectivity index (χ3n) is 12.0. The lowest BCUT2D eigenvalue weighted by molar-refractivity contribution is 0.632. The summed E-state index contributed by atoms with van der Waals surface area (Å²) in [6.45, 7) is 6.98. The number of rotatable bonds is 4. The first kappa shape index (κ1) is 31.1. The predicted molar refractivity (Wildman–Crippen MR) is 230 cm³/mol. The lowest BCUT2D eigenvalue weighted by Crippen LogP contribution is -2.45. The molecule has 8 aromatic carbocycles. The van der Waals surface area contributed by atoms with Crippen LogP contribution in [0.2, 0.25) is 0 Å². The minimum absolute atomic E-state index is 0.128. The lowest BCUT2D eigenvalue weighted by Gasteiger charge is -2.46. The third kappa shape index (κ3) is 4.43. The molecule has 4 heteroatoms. The average molecular weight is 693 g/mol. The van der Waals surface area contributed by atoms with Gasteiger partial charge in [-0.3, -0.25) is 0 Å². The van der Waals surface area contributed by atoms with Gasteiger partial charge in [0, 0.05) is 33.4 Å². The zero-order chi connectivity index (χ0) is 36.1. The standard InChI is InChI=1S/C50H37BN2O/c1-30-14-4-6-16-33(30)32-28-36(48-43(29-32)53-42-23-10-9-19-37(42)50(2,3)38-20-12-21-39(51-48)49(38)53)46-34-17-7-5-15-31(34)26-27-41(46)52-40-22-13-25-45-47(40)35-18-8-11-24-44(35)54-45/h4-29,51-52H,1-3H3. The molecule has 9 aromatic rings. The number of benzene rings is 8. The number of furan rings is 1. The summed E-state index contributed by atoms with van der Waals surface area (Å²) in [7, 11) is 0.835. The molecule has 0 radical (unpaired) electrons. The molecule has 0 atom stereocenters. The Morgan fingerprint density at radius 1 is 0.593 bits per heavy atom. The quantitative estimate of drug-likeness (QED) is 0.186.